The van der Waals surface area contributed by atoms with Gasteiger partial charge in [0.05, 0.1) is 19.3 Å². The fraction of sp³-hybridized carbons (Fsp3) is 0.400. The molecule has 2 atom stereocenters. The first-order valence-electron chi connectivity index (χ1n) is 4.33. The Morgan fingerprint density at radius 1 is 1.47 bits per heavy atom. The first kappa shape index (κ1) is 14.2. The molecule has 1 rings (SSSR count). The number of rotatable bonds is 3. The summed E-state index contributed by atoms with van der Waals surface area (Å²) >= 11 is 0. The van der Waals surface area contributed by atoms with Gasteiger partial charge in [-0.25, -0.2) is 4.39 Å². The lowest BCUT2D eigenvalue weighted by molar-refractivity contribution is 0.162. The molecule has 0 aliphatic carbocycles. The van der Waals surface area contributed by atoms with Crippen LogP contribution >= 0.6 is 12.4 Å². The highest BCUT2D eigenvalue weighted by Gasteiger charge is 2.16. The van der Waals surface area contributed by atoms with Crippen LogP contribution in [-0.2, 0) is 0 Å². The van der Waals surface area contributed by atoms with E-state index in [1.165, 1.54) is 25.3 Å². The molecule has 0 unspecified atom stereocenters. The monoisotopic (exact) mass is 235 g/mol. The van der Waals surface area contributed by atoms with E-state index in [1.54, 1.807) is 6.92 Å². The summed E-state index contributed by atoms with van der Waals surface area (Å²) in [6.45, 7) is 1.58. The average Bonchev–Trinajstić information content (AvgIpc) is 2.16. The maximum Gasteiger partial charge on any atom is 0.126 e. The Bertz CT molecular complexity index is 320. The maximum absolute atomic E-state index is 12.8. The number of nitrogens with two attached hydrogens (primary N) is 1. The van der Waals surface area contributed by atoms with Crippen molar-refractivity contribution in [2.45, 2.75) is 19.1 Å². The zero-order valence-electron chi connectivity index (χ0n) is 8.61. The zero-order valence-corrected chi connectivity index (χ0v) is 9.42. The molecule has 0 saturated heterocycles. The van der Waals surface area contributed by atoms with E-state index in [4.69, 9.17) is 10.5 Å². The normalized spacial score (nSPS) is 13.9. The van der Waals surface area contributed by atoms with Crippen LogP contribution in [0.2, 0.25) is 0 Å². The number of hydrogen-bond donors (Lipinski definition) is 2. The Kier molecular flexibility index (Phi) is 5.57. The molecule has 3 N–H and O–H groups in total. The molecule has 0 bridgehead atoms. The molecule has 86 valence electrons. The van der Waals surface area contributed by atoms with Gasteiger partial charge in [-0.15, -0.1) is 12.4 Å². The molecule has 1 aromatic rings. The molecule has 3 nitrogen and oxygen atoms in total. The van der Waals surface area contributed by atoms with E-state index >= 15 is 0 Å². The molecular weight excluding hydrogens is 221 g/mol. The van der Waals surface area contributed by atoms with E-state index in [0.29, 0.717) is 11.3 Å². The van der Waals surface area contributed by atoms with Crippen molar-refractivity contribution in [1.29, 1.82) is 0 Å². The quantitative estimate of drug-likeness (QED) is 0.838. The summed E-state index contributed by atoms with van der Waals surface area (Å²) in [6.07, 6.45) is -0.700. The summed E-state index contributed by atoms with van der Waals surface area (Å²) in [5, 5.41) is 9.29. The Balaban J connectivity index is 0.00000196. The van der Waals surface area contributed by atoms with E-state index in [9.17, 15) is 9.50 Å². The zero-order chi connectivity index (χ0) is 10.7. The van der Waals surface area contributed by atoms with Crippen LogP contribution in [0.4, 0.5) is 4.39 Å². The second-order valence-corrected chi connectivity index (χ2v) is 3.15. The van der Waals surface area contributed by atoms with Gasteiger partial charge in [-0.05, 0) is 13.0 Å². The predicted molar refractivity (Wildman–Crippen MR) is 58.8 cm³/mol. The third-order valence-electron chi connectivity index (χ3n) is 2.07. The van der Waals surface area contributed by atoms with Crippen LogP contribution in [0.3, 0.4) is 0 Å². The van der Waals surface area contributed by atoms with Gasteiger partial charge >= 0.3 is 0 Å². The maximum atomic E-state index is 12.8. The predicted octanol–water partition coefficient (Wildman–Crippen LogP) is 1.64. The summed E-state index contributed by atoms with van der Waals surface area (Å²) in [5.41, 5.74) is 6.31. The van der Waals surface area contributed by atoms with Crippen molar-refractivity contribution in [3.05, 3.63) is 29.6 Å². The Labute approximate surface area is 94.5 Å². The van der Waals surface area contributed by atoms with E-state index in [-0.39, 0.29) is 18.2 Å². The van der Waals surface area contributed by atoms with Gasteiger partial charge in [0.15, 0.2) is 0 Å². The number of ether oxygens (including phenoxy) is 1. The fourth-order valence-electron chi connectivity index (χ4n) is 1.22. The van der Waals surface area contributed by atoms with Gasteiger partial charge in [0.2, 0.25) is 0 Å². The molecule has 0 spiro atoms. The lowest BCUT2D eigenvalue weighted by Gasteiger charge is -2.17. The second kappa shape index (κ2) is 5.90. The lowest BCUT2D eigenvalue weighted by atomic mass is 10.0. The van der Waals surface area contributed by atoms with E-state index in [0.717, 1.165) is 0 Å². The Morgan fingerprint density at radius 2 is 2.07 bits per heavy atom. The fourth-order valence-corrected chi connectivity index (χ4v) is 1.22. The van der Waals surface area contributed by atoms with Gasteiger partial charge in [-0.2, -0.15) is 0 Å². The van der Waals surface area contributed by atoms with E-state index in [2.05, 4.69) is 0 Å². The number of halogens is 2. The number of hydrogen-bond acceptors (Lipinski definition) is 3. The summed E-state index contributed by atoms with van der Waals surface area (Å²) in [4.78, 5) is 0. The van der Waals surface area contributed by atoms with Crippen molar-refractivity contribution in [3.8, 4) is 5.75 Å². The second-order valence-electron chi connectivity index (χ2n) is 3.15. The van der Waals surface area contributed by atoms with Crippen LogP contribution in [0.5, 0.6) is 5.75 Å². The number of methoxy groups -OCH3 is 1. The van der Waals surface area contributed by atoms with Gasteiger partial charge in [0.1, 0.15) is 11.6 Å². The van der Waals surface area contributed by atoms with Gasteiger partial charge in [-0.3, -0.25) is 0 Å². The van der Waals surface area contributed by atoms with Gasteiger partial charge in [0, 0.05) is 11.6 Å². The summed E-state index contributed by atoms with van der Waals surface area (Å²) in [7, 11) is 1.44. The largest absolute Gasteiger partial charge is 0.496 e. The highest BCUT2D eigenvalue weighted by atomic mass is 35.5. The van der Waals surface area contributed by atoms with Crippen LogP contribution in [0.15, 0.2) is 18.2 Å². The third kappa shape index (κ3) is 3.34. The van der Waals surface area contributed by atoms with Crippen molar-refractivity contribution in [2.75, 3.05) is 7.11 Å². The Morgan fingerprint density at radius 3 is 2.53 bits per heavy atom. The van der Waals surface area contributed by atoms with Crippen LogP contribution in [0.25, 0.3) is 0 Å². The third-order valence-corrected chi connectivity index (χ3v) is 2.07. The van der Waals surface area contributed by atoms with Crippen molar-refractivity contribution < 1.29 is 14.2 Å². The number of aliphatic hydroxyl groups excluding tert-OH is 1. The molecule has 5 heteroatoms. The Hall–Kier alpha value is -0.840. The van der Waals surface area contributed by atoms with Crippen molar-refractivity contribution in [3.63, 3.8) is 0 Å². The standard InChI is InChI=1S/C10H14FNO2.ClH/c1-6(13)10(12)8-4-3-7(11)5-9(8)14-2;/h3-6,10,13H,12H2,1-2H3;1H/t6-,10-;/m0./s1. The average molecular weight is 236 g/mol. The van der Waals surface area contributed by atoms with Crippen LogP contribution in [0.1, 0.15) is 18.5 Å². The minimum atomic E-state index is -0.700. The van der Waals surface area contributed by atoms with Gasteiger partial charge in [0.25, 0.3) is 0 Å². The summed E-state index contributed by atoms with van der Waals surface area (Å²) in [6, 6.07) is 3.49. The van der Waals surface area contributed by atoms with Gasteiger partial charge < -0.3 is 15.6 Å². The van der Waals surface area contributed by atoms with Crippen molar-refractivity contribution in [2.24, 2.45) is 5.73 Å². The van der Waals surface area contributed by atoms with Crippen LogP contribution in [0, 0.1) is 5.82 Å². The summed E-state index contributed by atoms with van der Waals surface area (Å²) < 4.78 is 17.8. The molecule has 1 aromatic carbocycles. The van der Waals surface area contributed by atoms with Crippen LogP contribution < -0.4 is 10.5 Å². The summed E-state index contributed by atoms with van der Waals surface area (Å²) in [5.74, 6) is -0.0261. The molecular formula is C10H15ClFNO2. The molecule has 0 aromatic heterocycles. The topological polar surface area (TPSA) is 55.5 Å². The van der Waals surface area contributed by atoms with Crippen molar-refractivity contribution >= 4 is 12.4 Å². The minimum Gasteiger partial charge on any atom is -0.496 e. The molecule has 15 heavy (non-hydrogen) atoms. The molecule has 0 amide bonds. The molecule has 0 fully saturated rings. The SMILES string of the molecule is COc1cc(F)ccc1[C@@H](N)[C@H](C)O.Cl. The van der Waals surface area contributed by atoms with Crippen LogP contribution in [-0.4, -0.2) is 18.3 Å². The smallest absolute Gasteiger partial charge is 0.126 e. The van der Waals surface area contributed by atoms with Crippen molar-refractivity contribution in [1.82, 2.24) is 0 Å². The number of aliphatic hydroxyl groups is 1. The molecule has 0 saturated carbocycles. The molecule has 0 aliphatic rings. The molecule has 0 radical (unpaired) electrons. The highest BCUT2D eigenvalue weighted by Crippen LogP contribution is 2.26. The molecule has 0 heterocycles. The van der Waals surface area contributed by atoms with Gasteiger partial charge in [-0.1, -0.05) is 6.07 Å². The van der Waals surface area contributed by atoms with E-state index < -0.39 is 12.1 Å². The van der Waals surface area contributed by atoms with E-state index in [1.807, 2.05) is 0 Å². The minimum absolute atomic E-state index is 0. The molecule has 0 aliphatic heterocycles. The number of benzene rings is 1. The first-order valence-corrected chi connectivity index (χ1v) is 4.33. The lowest BCUT2D eigenvalue weighted by Crippen LogP contribution is -2.23. The highest BCUT2D eigenvalue weighted by molar-refractivity contribution is 5.85. The first-order chi connectivity index (χ1) is 6.56.